The molecule has 3 amide bonds. The zero-order valence-corrected chi connectivity index (χ0v) is 16.3. The largest absolute Gasteiger partial charge is 0.366 e. The maximum atomic E-state index is 13.5. The number of carbonyl (C=O) groups excluding carboxylic acids is 2. The van der Waals surface area contributed by atoms with Crippen molar-refractivity contribution in [1.29, 1.82) is 0 Å². The van der Waals surface area contributed by atoms with Gasteiger partial charge < -0.3 is 20.9 Å². The Hall–Kier alpha value is -3.68. The molecular formula is C22H22FN5O2. The minimum atomic E-state index is -0.553. The van der Waals surface area contributed by atoms with Crippen molar-refractivity contribution < 1.29 is 14.0 Å². The lowest BCUT2D eigenvalue weighted by atomic mass is 10.0. The number of aromatic amines is 1. The summed E-state index contributed by atoms with van der Waals surface area (Å²) in [5.74, 6) is -0.210. The number of amides is 3. The van der Waals surface area contributed by atoms with Gasteiger partial charge in [-0.3, -0.25) is 4.79 Å². The normalized spacial score (nSPS) is 16.3. The van der Waals surface area contributed by atoms with Gasteiger partial charge >= 0.3 is 6.03 Å². The van der Waals surface area contributed by atoms with Crippen molar-refractivity contribution >= 4 is 17.6 Å². The monoisotopic (exact) mass is 407 g/mol. The molecule has 0 bridgehead atoms. The number of benzene rings is 2. The maximum absolute atomic E-state index is 13.5. The molecule has 1 aliphatic heterocycles. The minimum Gasteiger partial charge on any atom is -0.366 e. The fourth-order valence-corrected chi connectivity index (χ4v) is 3.71. The summed E-state index contributed by atoms with van der Waals surface area (Å²) >= 11 is 0. The molecule has 2 aromatic carbocycles. The second-order valence-electron chi connectivity index (χ2n) is 7.27. The number of anilines is 1. The molecule has 0 aliphatic carbocycles. The molecule has 7 nitrogen and oxygen atoms in total. The Bertz CT molecular complexity index is 1080. The smallest absolute Gasteiger partial charge is 0.322 e. The van der Waals surface area contributed by atoms with Gasteiger partial charge in [0.1, 0.15) is 11.6 Å². The Morgan fingerprint density at radius 2 is 2.00 bits per heavy atom. The lowest BCUT2D eigenvalue weighted by Crippen LogP contribution is -2.41. The van der Waals surface area contributed by atoms with Crippen molar-refractivity contribution in [3.05, 3.63) is 71.9 Å². The number of nitrogens with zero attached hydrogens (tertiary/aromatic N) is 2. The molecule has 1 unspecified atom stereocenters. The van der Waals surface area contributed by atoms with Crippen molar-refractivity contribution in [1.82, 2.24) is 14.9 Å². The fraction of sp³-hybridized carbons (Fsp3) is 0.227. The van der Waals surface area contributed by atoms with E-state index in [1.807, 2.05) is 0 Å². The number of rotatable bonds is 4. The average molecular weight is 407 g/mol. The highest BCUT2D eigenvalue weighted by Gasteiger charge is 2.30. The highest BCUT2D eigenvalue weighted by Crippen LogP contribution is 2.31. The summed E-state index contributed by atoms with van der Waals surface area (Å²) in [4.78, 5) is 33.8. The number of urea groups is 1. The topological polar surface area (TPSA) is 104 Å². The van der Waals surface area contributed by atoms with Gasteiger partial charge in [0.05, 0.1) is 17.9 Å². The Labute approximate surface area is 173 Å². The van der Waals surface area contributed by atoms with Gasteiger partial charge in [-0.1, -0.05) is 18.2 Å². The van der Waals surface area contributed by atoms with Crippen LogP contribution in [-0.2, 0) is 0 Å². The number of hydrogen-bond donors (Lipinski definition) is 3. The molecule has 1 aromatic heterocycles. The van der Waals surface area contributed by atoms with E-state index in [2.05, 4.69) is 15.3 Å². The van der Waals surface area contributed by atoms with Gasteiger partial charge in [0.15, 0.2) is 0 Å². The number of H-pyrrole nitrogens is 1. The SMILES string of the molecule is NC(=O)c1cccc(NC(=O)N2CCCCC2c2ncc(-c3cccc(F)c3)[nH]2)c1. The molecule has 1 fully saturated rings. The van der Waals surface area contributed by atoms with Gasteiger partial charge in [-0.15, -0.1) is 0 Å². The number of likely N-dealkylation sites (tertiary alicyclic amines) is 1. The van der Waals surface area contributed by atoms with Gasteiger partial charge in [-0.05, 0) is 49.6 Å². The van der Waals surface area contributed by atoms with Crippen LogP contribution in [0.1, 0.15) is 41.5 Å². The van der Waals surface area contributed by atoms with E-state index in [-0.39, 0.29) is 17.9 Å². The molecule has 0 radical (unpaired) electrons. The van der Waals surface area contributed by atoms with Crippen LogP contribution < -0.4 is 11.1 Å². The van der Waals surface area contributed by atoms with Crippen molar-refractivity contribution in [3.8, 4) is 11.3 Å². The average Bonchev–Trinajstić information content (AvgIpc) is 3.24. The number of primary amides is 1. The molecule has 3 aromatic rings. The summed E-state index contributed by atoms with van der Waals surface area (Å²) in [6.45, 7) is 0.585. The number of hydrogen-bond acceptors (Lipinski definition) is 3. The molecule has 30 heavy (non-hydrogen) atoms. The lowest BCUT2D eigenvalue weighted by molar-refractivity contribution is 0.1000. The van der Waals surface area contributed by atoms with E-state index in [0.717, 1.165) is 19.3 Å². The predicted molar refractivity (Wildman–Crippen MR) is 111 cm³/mol. The predicted octanol–water partition coefficient (Wildman–Crippen LogP) is 4.07. The van der Waals surface area contributed by atoms with Crippen molar-refractivity contribution in [2.24, 2.45) is 5.73 Å². The van der Waals surface area contributed by atoms with E-state index in [9.17, 15) is 14.0 Å². The molecule has 0 spiro atoms. The van der Waals surface area contributed by atoms with Gasteiger partial charge in [0.25, 0.3) is 0 Å². The van der Waals surface area contributed by atoms with E-state index in [1.165, 1.54) is 12.1 Å². The molecule has 8 heteroatoms. The number of halogens is 1. The highest BCUT2D eigenvalue weighted by atomic mass is 19.1. The zero-order chi connectivity index (χ0) is 21.1. The van der Waals surface area contributed by atoms with Crippen LogP contribution in [0, 0.1) is 5.82 Å². The van der Waals surface area contributed by atoms with Crippen LogP contribution in [0.15, 0.2) is 54.7 Å². The van der Waals surface area contributed by atoms with E-state index in [4.69, 9.17) is 5.73 Å². The van der Waals surface area contributed by atoms with Crippen molar-refractivity contribution in [3.63, 3.8) is 0 Å². The van der Waals surface area contributed by atoms with Crippen LogP contribution in [-0.4, -0.2) is 33.4 Å². The molecule has 2 heterocycles. The summed E-state index contributed by atoms with van der Waals surface area (Å²) in [6, 6.07) is 12.3. The molecular weight excluding hydrogens is 385 g/mol. The molecule has 154 valence electrons. The number of carbonyl (C=O) groups is 2. The van der Waals surface area contributed by atoms with Crippen LogP contribution >= 0.6 is 0 Å². The summed E-state index contributed by atoms with van der Waals surface area (Å²) in [7, 11) is 0. The number of piperidine rings is 1. The minimum absolute atomic E-state index is 0.222. The first-order chi connectivity index (χ1) is 14.5. The first kappa shape index (κ1) is 19.6. The Morgan fingerprint density at radius 1 is 1.17 bits per heavy atom. The number of imidazole rings is 1. The fourth-order valence-electron chi connectivity index (χ4n) is 3.71. The van der Waals surface area contributed by atoms with Crippen LogP contribution in [0.5, 0.6) is 0 Å². The van der Waals surface area contributed by atoms with Crippen LogP contribution in [0.3, 0.4) is 0 Å². The molecule has 1 aliphatic rings. The maximum Gasteiger partial charge on any atom is 0.322 e. The van der Waals surface area contributed by atoms with Crippen LogP contribution in [0.2, 0.25) is 0 Å². The second-order valence-corrected chi connectivity index (χ2v) is 7.27. The first-order valence-corrected chi connectivity index (χ1v) is 9.79. The Morgan fingerprint density at radius 3 is 2.80 bits per heavy atom. The summed E-state index contributed by atoms with van der Waals surface area (Å²) in [5.41, 5.74) is 7.54. The van der Waals surface area contributed by atoms with E-state index in [0.29, 0.717) is 34.9 Å². The van der Waals surface area contributed by atoms with Crippen LogP contribution in [0.25, 0.3) is 11.3 Å². The van der Waals surface area contributed by atoms with E-state index >= 15 is 0 Å². The summed E-state index contributed by atoms with van der Waals surface area (Å²) in [6.07, 6.45) is 4.29. The lowest BCUT2D eigenvalue weighted by Gasteiger charge is -2.34. The van der Waals surface area contributed by atoms with Crippen molar-refractivity contribution in [2.45, 2.75) is 25.3 Å². The number of nitrogens with one attached hydrogen (secondary N) is 2. The van der Waals surface area contributed by atoms with Crippen LogP contribution in [0.4, 0.5) is 14.9 Å². The Kier molecular flexibility index (Phi) is 5.47. The number of aromatic nitrogens is 2. The standard InChI is InChI=1S/C22H22FN5O2/c23-16-7-3-5-14(11-16)18-13-25-21(27-18)19-9-1-2-10-28(19)22(30)26-17-8-4-6-15(12-17)20(24)29/h3-8,11-13,19H,1-2,9-10H2,(H2,24,29)(H,25,27)(H,26,30). The quantitative estimate of drug-likeness (QED) is 0.607. The number of nitrogens with two attached hydrogens (primary N) is 1. The molecule has 4 rings (SSSR count). The van der Waals surface area contributed by atoms with Gasteiger partial charge in [0.2, 0.25) is 5.91 Å². The molecule has 1 atom stereocenters. The third-order valence-corrected chi connectivity index (χ3v) is 5.21. The van der Waals surface area contributed by atoms with Crippen molar-refractivity contribution in [2.75, 3.05) is 11.9 Å². The molecule has 0 saturated carbocycles. The summed E-state index contributed by atoms with van der Waals surface area (Å²) < 4.78 is 13.5. The third-order valence-electron chi connectivity index (χ3n) is 5.21. The zero-order valence-electron chi connectivity index (χ0n) is 16.3. The van der Waals surface area contributed by atoms with Gasteiger partial charge in [-0.2, -0.15) is 0 Å². The second kappa shape index (κ2) is 8.36. The molecule has 4 N–H and O–H groups in total. The van der Waals surface area contributed by atoms with Gasteiger partial charge in [-0.25, -0.2) is 14.2 Å². The Balaban J connectivity index is 1.54. The van der Waals surface area contributed by atoms with Gasteiger partial charge in [0, 0.05) is 23.4 Å². The highest BCUT2D eigenvalue weighted by molar-refractivity contribution is 5.96. The van der Waals surface area contributed by atoms with E-state index in [1.54, 1.807) is 47.5 Å². The third kappa shape index (κ3) is 4.17. The molecule has 1 saturated heterocycles. The summed E-state index contributed by atoms with van der Waals surface area (Å²) in [5, 5.41) is 2.84. The van der Waals surface area contributed by atoms with E-state index < -0.39 is 5.91 Å². The first-order valence-electron chi connectivity index (χ1n) is 9.79.